The van der Waals surface area contributed by atoms with Crippen molar-refractivity contribution < 1.29 is 19.1 Å². The molecule has 0 aliphatic rings. The van der Waals surface area contributed by atoms with Crippen molar-refractivity contribution >= 4 is 23.5 Å². The fraction of sp³-hybridized carbons (Fsp3) is 0.438. The highest BCUT2D eigenvalue weighted by atomic mass is 16.5. The Kier molecular flexibility index (Phi) is 7.08. The van der Waals surface area contributed by atoms with Crippen LogP contribution >= 0.6 is 0 Å². The topological polar surface area (TPSA) is 84.5 Å². The molecule has 6 nitrogen and oxygen atoms in total. The second-order valence-corrected chi connectivity index (χ2v) is 4.95. The molecule has 0 aromatic heterocycles. The van der Waals surface area contributed by atoms with Gasteiger partial charge in [0.1, 0.15) is 6.04 Å². The number of methoxy groups -OCH3 is 1. The molecule has 120 valence electrons. The molecule has 6 heteroatoms. The summed E-state index contributed by atoms with van der Waals surface area (Å²) in [5.41, 5.74) is 0.903. The highest BCUT2D eigenvalue weighted by Crippen LogP contribution is 2.11. The molecule has 1 aromatic rings. The zero-order valence-corrected chi connectivity index (χ0v) is 13.1. The van der Waals surface area contributed by atoms with Crippen molar-refractivity contribution in [3.05, 3.63) is 29.8 Å². The maximum atomic E-state index is 12.2. The van der Waals surface area contributed by atoms with Gasteiger partial charge in [-0.05, 0) is 24.6 Å². The summed E-state index contributed by atoms with van der Waals surface area (Å²) in [5.74, 6) is -1.05. The van der Waals surface area contributed by atoms with E-state index in [-0.39, 0.29) is 11.8 Å². The molecular weight excluding hydrogens is 284 g/mol. The van der Waals surface area contributed by atoms with Crippen molar-refractivity contribution in [2.45, 2.75) is 39.2 Å². The van der Waals surface area contributed by atoms with Gasteiger partial charge >= 0.3 is 5.97 Å². The number of esters is 1. The lowest BCUT2D eigenvalue weighted by Crippen LogP contribution is -2.41. The Balaban J connectivity index is 2.80. The van der Waals surface area contributed by atoms with Gasteiger partial charge in [-0.1, -0.05) is 25.8 Å². The van der Waals surface area contributed by atoms with Crippen LogP contribution < -0.4 is 10.6 Å². The normalized spacial score (nSPS) is 11.4. The molecule has 1 aromatic carbocycles. The first-order valence-electron chi connectivity index (χ1n) is 7.24. The Hall–Kier alpha value is -2.37. The second kappa shape index (κ2) is 8.81. The molecule has 2 amide bonds. The molecule has 0 aliphatic heterocycles. The third kappa shape index (κ3) is 5.55. The number of unbranched alkanes of at least 4 members (excludes halogenated alkanes) is 1. The predicted molar refractivity (Wildman–Crippen MR) is 83.5 cm³/mol. The Bertz CT molecular complexity index is 543. The molecule has 0 radical (unpaired) electrons. The van der Waals surface area contributed by atoms with Gasteiger partial charge in [-0.25, -0.2) is 4.79 Å². The molecule has 0 saturated heterocycles. The van der Waals surface area contributed by atoms with E-state index in [2.05, 4.69) is 10.6 Å². The predicted octanol–water partition coefficient (Wildman–Crippen LogP) is 2.11. The van der Waals surface area contributed by atoms with E-state index in [9.17, 15) is 14.4 Å². The third-order valence-corrected chi connectivity index (χ3v) is 3.08. The van der Waals surface area contributed by atoms with E-state index in [1.807, 2.05) is 6.92 Å². The van der Waals surface area contributed by atoms with Crippen LogP contribution in [0, 0.1) is 0 Å². The monoisotopic (exact) mass is 306 g/mol. The molecule has 0 bridgehead atoms. The lowest BCUT2D eigenvalue weighted by molar-refractivity contribution is -0.143. The summed E-state index contributed by atoms with van der Waals surface area (Å²) < 4.78 is 4.71. The van der Waals surface area contributed by atoms with E-state index in [0.717, 1.165) is 12.8 Å². The molecule has 1 atom stereocenters. The quantitative estimate of drug-likeness (QED) is 0.756. The average molecular weight is 306 g/mol. The number of nitrogens with one attached hydrogen (secondary N) is 2. The van der Waals surface area contributed by atoms with Crippen LogP contribution in [0.4, 0.5) is 5.69 Å². The van der Waals surface area contributed by atoms with Crippen LogP contribution in [0.3, 0.4) is 0 Å². The largest absolute Gasteiger partial charge is 0.467 e. The van der Waals surface area contributed by atoms with E-state index in [1.54, 1.807) is 24.3 Å². The van der Waals surface area contributed by atoms with E-state index < -0.39 is 12.0 Å². The molecule has 0 fully saturated rings. The minimum Gasteiger partial charge on any atom is -0.467 e. The van der Waals surface area contributed by atoms with Crippen LogP contribution in [0.15, 0.2) is 24.3 Å². The average Bonchev–Trinajstić information content (AvgIpc) is 2.50. The number of carbonyl (C=O) groups excluding carboxylic acids is 3. The highest BCUT2D eigenvalue weighted by Gasteiger charge is 2.21. The van der Waals surface area contributed by atoms with Crippen molar-refractivity contribution in [1.82, 2.24) is 5.32 Å². The van der Waals surface area contributed by atoms with Gasteiger partial charge < -0.3 is 15.4 Å². The van der Waals surface area contributed by atoms with E-state index in [1.165, 1.54) is 14.0 Å². The Labute approximate surface area is 130 Å². The summed E-state index contributed by atoms with van der Waals surface area (Å²) in [4.78, 5) is 35.0. The smallest absolute Gasteiger partial charge is 0.328 e. The number of rotatable bonds is 7. The van der Waals surface area contributed by atoms with E-state index >= 15 is 0 Å². The number of hydrogen-bond acceptors (Lipinski definition) is 4. The summed E-state index contributed by atoms with van der Waals surface area (Å²) in [6.45, 7) is 3.40. The lowest BCUT2D eigenvalue weighted by Gasteiger charge is -2.16. The van der Waals surface area contributed by atoms with Gasteiger partial charge in [-0.2, -0.15) is 0 Å². The summed E-state index contributed by atoms with van der Waals surface area (Å²) in [6.07, 6.45) is 2.26. The van der Waals surface area contributed by atoms with Crippen molar-refractivity contribution in [2.24, 2.45) is 0 Å². The van der Waals surface area contributed by atoms with Crippen LogP contribution in [0.1, 0.15) is 43.5 Å². The molecule has 1 rings (SSSR count). The first-order valence-corrected chi connectivity index (χ1v) is 7.24. The van der Waals surface area contributed by atoms with Gasteiger partial charge in [0.25, 0.3) is 5.91 Å². The molecule has 0 unspecified atom stereocenters. The van der Waals surface area contributed by atoms with Crippen LogP contribution in [0.5, 0.6) is 0 Å². The SMILES string of the molecule is CCCC[C@H](NC(=O)c1cccc(NC(C)=O)c1)C(=O)OC. The van der Waals surface area contributed by atoms with Crippen LogP contribution in [0.2, 0.25) is 0 Å². The van der Waals surface area contributed by atoms with Crippen molar-refractivity contribution in [1.29, 1.82) is 0 Å². The number of ether oxygens (including phenoxy) is 1. The number of carbonyl (C=O) groups is 3. The molecule has 22 heavy (non-hydrogen) atoms. The Morgan fingerprint density at radius 2 is 2.00 bits per heavy atom. The van der Waals surface area contributed by atoms with Gasteiger partial charge in [-0.3, -0.25) is 9.59 Å². The number of amides is 2. The van der Waals surface area contributed by atoms with Gasteiger partial charge in [-0.15, -0.1) is 0 Å². The van der Waals surface area contributed by atoms with Crippen molar-refractivity contribution in [2.75, 3.05) is 12.4 Å². The molecule has 0 spiro atoms. The fourth-order valence-corrected chi connectivity index (χ4v) is 1.98. The van der Waals surface area contributed by atoms with Crippen LogP contribution in [-0.4, -0.2) is 30.9 Å². The summed E-state index contributed by atoms with van der Waals surface area (Å²) in [5, 5.41) is 5.28. The number of hydrogen-bond donors (Lipinski definition) is 2. The molecule has 0 heterocycles. The van der Waals surface area contributed by atoms with Gasteiger partial charge in [0.15, 0.2) is 0 Å². The highest BCUT2D eigenvalue weighted by molar-refractivity contribution is 5.98. The van der Waals surface area contributed by atoms with Crippen LogP contribution in [0.25, 0.3) is 0 Å². The summed E-state index contributed by atoms with van der Waals surface area (Å²) in [7, 11) is 1.30. The van der Waals surface area contributed by atoms with Gasteiger partial charge in [0, 0.05) is 18.2 Å². The minimum atomic E-state index is -0.665. The maximum Gasteiger partial charge on any atom is 0.328 e. The van der Waals surface area contributed by atoms with Crippen molar-refractivity contribution in [3.8, 4) is 0 Å². The van der Waals surface area contributed by atoms with Crippen molar-refractivity contribution in [3.63, 3.8) is 0 Å². The first kappa shape index (κ1) is 17.7. The Morgan fingerprint density at radius 3 is 2.59 bits per heavy atom. The van der Waals surface area contributed by atoms with E-state index in [4.69, 9.17) is 4.74 Å². The Morgan fingerprint density at radius 1 is 1.27 bits per heavy atom. The first-order chi connectivity index (χ1) is 10.5. The maximum absolute atomic E-state index is 12.2. The lowest BCUT2D eigenvalue weighted by atomic mass is 10.1. The molecule has 2 N–H and O–H groups in total. The zero-order valence-electron chi connectivity index (χ0n) is 13.1. The molecule has 0 aliphatic carbocycles. The summed E-state index contributed by atoms with van der Waals surface area (Å²) in [6, 6.07) is 5.87. The van der Waals surface area contributed by atoms with Gasteiger partial charge in [0.05, 0.1) is 7.11 Å². The number of anilines is 1. The number of benzene rings is 1. The molecule has 0 saturated carbocycles. The standard InChI is InChI=1S/C16H22N2O4/c1-4-5-9-14(16(21)22-3)18-15(20)12-7-6-8-13(10-12)17-11(2)19/h6-8,10,14H,4-5,9H2,1-3H3,(H,17,19)(H,18,20)/t14-/m0/s1. The summed E-state index contributed by atoms with van der Waals surface area (Å²) >= 11 is 0. The molecular formula is C16H22N2O4. The van der Waals surface area contributed by atoms with Crippen LogP contribution in [-0.2, 0) is 14.3 Å². The minimum absolute atomic E-state index is 0.215. The van der Waals surface area contributed by atoms with Gasteiger partial charge in [0.2, 0.25) is 5.91 Å². The third-order valence-electron chi connectivity index (χ3n) is 3.08. The zero-order chi connectivity index (χ0) is 16.5. The second-order valence-electron chi connectivity index (χ2n) is 4.95. The fourth-order valence-electron chi connectivity index (χ4n) is 1.98. The van der Waals surface area contributed by atoms with E-state index in [0.29, 0.717) is 17.7 Å².